The van der Waals surface area contributed by atoms with Gasteiger partial charge in [-0.2, -0.15) is 0 Å². The molecule has 0 unspecified atom stereocenters. The van der Waals surface area contributed by atoms with Crippen LogP contribution in [0.4, 0.5) is 4.39 Å². The molecular formula is C13H18ClFN2O. The number of halogens is 2. The van der Waals surface area contributed by atoms with E-state index in [1.165, 1.54) is 6.07 Å². The lowest BCUT2D eigenvalue weighted by atomic mass is 10.1. The standard InChI is InChI=1S/C13H17FN2O.ClH/c1-9-3-4-11(12(14)7-9)13(17)16-6-5-15-8-10(16)2;/h3-4,7,10,15H,5-6,8H2,1-2H3;1H/t10-;/m1./s1. The Morgan fingerprint density at radius 2 is 2.22 bits per heavy atom. The van der Waals surface area contributed by atoms with Gasteiger partial charge in [0.25, 0.3) is 5.91 Å². The maximum absolute atomic E-state index is 13.7. The van der Waals surface area contributed by atoms with Gasteiger partial charge in [0.2, 0.25) is 0 Å². The molecule has 0 aliphatic carbocycles. The molecule has 2 rings (SSSR count). The van der Waals surface area contributed by atoms with Gasteiger partial charge in [-0.15, -0.1) is 12.4 Å². The average Bonchev–Trinajstić information content (AvgIpc) is 2.29. The molecule has 3 nitrogen and oxygen atoms in total. The zero-order chi connectivity index (χ0) is 12.4. The van der Waals surface area contributed by atoms with Gasteiger partial charge in [0, 0.05) is 25.7 Å². The lowest BCUT2D eigenvalue weighted by molar-refractivity contribution is 0.0651. The Kier molecular flexibility index (Phi) is 5.11. The van der Waals surface area contributed by atoms with E-state index in [0.29, 0.717) is 6.54 Å². The van der Waals surface area contributed by atoms with Crippen LogP contribution < -0.4 is 5.32 Å². The molecule has 0 aromatic heterocycles. The van der Waals surface area contributed by atoms with E-state index in [2.05, 4.69) is 5.32 Å². The number of amides is 1. The highest BCUT2D eigenvalue weighted by Crippen LogP contribution is 2.15. The SMILES string of the molecule is Cc1ccc(C(=O)N2CCNC[C@H]2C)c(F)c1.Cl. The minimum absolute atomic E-state index is 0. The molecule has 1 aromatic carbocycles. The molecule has 1 aliphatic heterocycles. The van der Waals surface area contributed by atoms with Gasteiger partial charge in [-0.3, -0.25) is 4.79 Å². The van der Waals surface area contributed by atoms with Crippen molar-refractivity contribution in [2.24, 2.45) is 0 Å². The summed E-state index contributed by atoms with van der Waals surface area (Å²) in [6.07, 6.45) is 0. The topological polar surface area (TPSA) is 32.3 Å². The van der Waals surface area contributed by atoms with E-state index in [9.17, 15) is 9.18 Å². The maximum Gasteiger partial charge on any atom is 0.257 e. The summed E-state index contributed by atoms with van der Waals surface area (Å²) in [5.74, 6) is -0.641. The van der Waals surface area contributed by atoms with Gasteiger partial charge in [0.1, 0.15) is 5.82 Å². The highest BCUT2D eigenvalue weighted by Gasteiger charge is 2.25. The summed E-state index contributed by atoms with van der Waals surface area (Å²) >= 11 is 0. The molecule has 1 fully saturated rings. The summed E-state index contributed by atoms with van der Waals surface area (Å²) < 4.78 is 13.7. The minimum atomic E-state index is -0.430. The third kappa shape index (κ3) is 3.00. The second-order valence-electron chi connectivity index (χ2n) is 4.53. The fraction of sp³-hybridized carbons (Fsp3) is 0.462. The molecule has 1 aliphatic rings. The first kappa shape index (κ1) is 14.9. The summed E-state index contributed by atoms with van der Waals surface area (Å²) in [6.45, 7) is 5.94. The zero-order valence-corrected chi connectivity index (χ0v) is 11.4. The van der Waals surface area contributed by atoms with Crippen molar-refractivity contribution >= 4 is 18.3 Å². The van der Waals surface area contributed by atoms with Gasteiger partial charge in [0.15, 0.2) is 0 Å². The Hall–Kier alpha value is -1.13. The van der Waals surface area contributed by atoms with Gasteiger partial charge in [-0.25, -0.2) is 4.39 Å². The van der Waals surface area contributed by atoms with Crippen molar-refractivity contribution in [2.45, 2.75) is 19.9 Å². The number of benzene rings is 1. The first-order valence-corrected chi connectivity index (χ1v) is 5.87. The van der Waals surface area contributed by atoms with Crippen molar-refractivity contribution in [2.75, 3.05) is 19.6 Å². The summed E-state index contributed by atoms with van der Waals surface area (Å²) in [6, 6.07) is 4.85. The smallest absolute Gasteiger partial charge is 0.257 e. The van der Waals surface area contributed by atoms with Crippen molar-refractivity contribution in [3.05, 3.63) is 35.1 Å². The minimum Gasteiger partial charge on any atom is -0.333 e. The number of rotatable bonds is 1. The molecule has 1 aromatic rings. The fourth-order valence-corrected chi connectivity index (χ4v) is 2.09. The van der Waals surface area contributed by atoms with Crippen LogP contribution in [0.15, 0.2) is 18.2 Å². The number of nitrogens with zero attached hydrogens (tertiary/aromatic N) is 1. The average molecular weight is 273 g/mol. The molecule has 1 N–H and O–H groups in total. The molecule has 5 heteroatoms. The predicted molar refractivity (Wildman–Crippen MR) is 71.8 cm³/mol. The van der Waals surface area contributed by atoms with Crippen molar-refractivity contribution in [1.29, 1.82) is 0 Å². The second-order valence-corrected chi connectivity index (χ2v) is 4.53. The largest absolute Gasteiger partial charge is 0.333 e. The molecule has 1 atom stereocenters. The lowest BCUT2D eigenvalue weighted by Gasteiger charge is -2.34. The van der Waals surface area contributed by atoms with Gasteiger partial charge in [-0.1, -0.05) is 6.07 Å². The van der Waals surface area contributed by atoms with Crippen LogP contribution >= 0.6 is 12.4 Å². The number of carbonyl (C=O) groups is 1. The molecule has 0 bridgehead atoms. The number of nitrogens with one attached hydrogen (secondary N) is 1. The molecular weight excluding hydrogens is 255 g/mol. The summed E-state index contributed by atoms with van der Waals surface area (Å²) in [4.78, 5) is 13.9. The van der Waals surface area contributed by atoms with Crippen molar-refractivity contribution in [1.82, 2.24) is 10.2 Å². The predicted octanol–water partition coefficient (Wildman–Crippen LogP) is 1.99. The normalized spacial score (nSPS) is 19.3. The van der Waals surface area contributed by atoms with E-state index in [0.717, 1.165) is 18.7 Å². The van der Waals surface area contributed by atoms with Crippen LogP contribution in [0.1, 0.15) is 22.8 Å². The van der Waals surface area contributed by atoms with Gasteiger partial charge >= 0.3 is 0 Å². The van der Waals surface area contributed by atoms with E-state index in [1.807, 2.05) is 13.8 Å². The van der Waals surface area contributed by atoms with Crippen LogP contribution in [0.5, 0.6) is 0 Å². The molecule has 0 radical (unpaired) electrons. The molecule has 1 amide bonds. The second kappa shape index (κ2) is 6.16. The summed E-state index contributed by atoms with van der Waals surface area (Å²) in [5.41, 5.74) is 0.997. The van der Waals surface area contributed by atoms with E-state index in [1.54, 1.807) is 17.0 Å². The molecule has 0 saturated carbocycles. The van der Waals surface area contributed by atoms with E-state index >= 15 is 0 Å². The molecule has 18 heavy (non-hydrogen) atoms. The Morgan fingerprint density at radius 1 is 1.50 bits per heavy atom. The summed E-state index contributed by atoms with van der Waals surface area (Å²) in [5, 5.41) is 3.21. The van der Waals surface area contributed by atoms with Gasteiger partial charge < -0.3 is 10.2 Å². The van der Waals surface area contributed by atoms with Crippen LogP contribution in [0.3, 0.4) is 0 Å². The van der Waals surface area contributed by atoms with Crippen LogP contribution in [-0.4, -0.2) is 36.5 Å². The van der Waals surface area contributed by atoms with Crippen molar-refractivity contribution in [3.8, 4) is 0 Å². The summed E-state index contributed by atoms with van der Waals surface area (Å²) in [7, 11) is 0. The first-order valence-electron chi connectivity index (χ1n) is 5.87. The highest BCUT2D eigenvalue weighted by molar-refractivity contribution is 5.94. The fourth-order valence-electron chi connectivity index (χ4n) is 2.09. The molecule has 100 valence electrons. The van der Waals surface area contributed by atoms with Gasteiger partial charge in [-0.05, 0) is 31.5 Å². The van der Waals surface area contributed by atoms with Crippen molar-refractivity contribution in [3.63, 3.8) is 0 Å². The number of carbonyl (C=O) groups excluding carboxylic acids is 1. The number of aryl methyl sites for hydroxylation is 1. The van der Waals surface area contributed by atoms with E-state index in [-0.39, 0.29) is 29.9 Å². The third-order valence-corrected chi connectivity index (χ3v) is 3.12. The first-order chi connectivity index (χ1) is 8.09. The number of hydrogen-bond donors (Lipinski definition) is 1. The van der Waals surface area contributed by atoms with Crippen LogP contribution in [-0.2, 0) is 0 Å². The quantitative estimate of drug-likeness (QED) is 0.848. The molecule has 1 saturated heterocycles. The Bertz CT molecular complexity index is 439. The maximum atomic E-state index is 13.7. The van der Waals surface area contributed by atoms with Crippen LogP contribution in [0.25, 0.3) is 0 Å². The Labute approximate surface area is 113 Å². The highest BCUT2D eigenvalue weighted by atomic mass is 35.5. The lowest BCUT2D eigenvalue weighted by Crippen LogP contribution is -2.52. The molecule has 1 heterocycles. The van der Waals surface area contributed by atoms with E-state index in [4.69, 9.17) is 0 Å². The van der Waals surface area contributed by atoms with Crippen molar-refractivity contribution < 1.29 is 9.18 Å². The van der Waals surface area contributed by atoms with Crippen LogP contribution in [0, 0.1) is 12.7 Å². The number of hydrogen-bond acceptors (Lipinski definition) is 2. The third-order valence-electron chi connectivity index (χ3n) is 3.12. The zero-order valence-electron chi connectivity index (χ0n) is 10.6. The van der Waals surface area contributed by atoms with Crippen LogP contribution in [0.2, 0.25) is 0 Å². The number of piperazine rings is 1. The Balaban J connectivity index is 0.00000162. The van der Waals surface area contributed by atoms with E-state index < -0.39 is 5.82 Å². The monoisotopic (exact) mass is 272 g/mol. The molecule has 0 spiro atoms. The van der Waals surface area contributed by atoms with Gasteiger partial charge in [0.05, 0.1) is 5.56 Å². The Morgan fingerprint density at radius 3 is 2.83 bits per heavy atom.